The third-order valence-electron chi connectivity index (χ3n) is 1.99. The summed E-state index contributed by atoms with van der Waals surface area (Å²) in [5, 5.41) is 17.4. The van der Waals surface area contributed by atoms with Crippen LogP contribution >= 0.6 is 0 Å². The number of ether oxygens (including phenoxy) is 1. The summed E-state index contributed by atoms with van der Waals surface area (Å²) in [7, 11) is 1.48. The molecule has 0 aliphatic carbocycles. The maximum Gasteiger partial charge on any atom is 0.314 e. The third kappa shape index (κ3) is 3.09. The molecule has 88 valence electrons. The average Bonchev–Trinajstić information content (AvgIpc) is 2.62. The highest BCUT2D eigenvalue weighted by Crippen LogP contribution is 2.22. The highest BCUT2D eigenvalue weighted by molar-refractivity contribution is 5.81. The number of hydrogen-bond donors (Lipinski definition) is 2. The van der Waals surface area contributed by atoms with Crippen LogP contribution in [0.1, 0.15) is 23.9 Å². The van der Waals surface area contributed by atoms with Crippen LogP contribution in [0.2, 0.25) is 0 Å². The lowest BCUT2D eigenvalue weighted by atomic mass is 10.0. The second-order valence-electron chi connectivity index (χ2n) is 3.23. The van der Waals surface area contributed by atoms with Gasteiger partial charge in [-0.15, -0.1) is 0 Å². The lowest BCUT2D eigenvalue weighted by Gasteiger charge is -2.05. The molecule has 1 aromatic heterocycles. The van der Waals surface area contributed by atoms with Gasteiger partial charge in [0.25, 0.3) is 0 Å². The molecule has 0 spiro atoms. The van der Waals surface area contributed by atoms with Crippen LogP contribution in [-0.2, 0) is 20.9 Å². The SMILES string of the molecule is COCc1ccc(C(CC(=O)O)C(=O)O)o1. The number of carboxylic acid groups (broad SMARTS) is 2. The Morgan fingerprint density at radius 3 is 2.62 bits per heavy atom. The van der Waals surface area contributed by atoms with Crippen LogP contribution in [0.4, 0.5) is 0 Å². The number of hydrogen-bond acceptors (Lipinski definition) is 4. The molecule has 0 amide bonds. The van der Waals surface area contributed by atoms with Gasteiger partial charge < -0.3 is 19.4 Å². The maximum atomic E-state index is 10.8. The Kier molecular flexibility index (Phi) is 4.07. The van der Waals surface area contributed by atoms with E-state index in [1.54, 1.807) is 6.07 Å². The summed E-state index contributed by atoms with van der Waals surface area (Å²) in [5.41, 5.74) is 0. The van der Waals surface area contributed by atoms with Gasteiger partial charge in [0, 0.05) is 7.11 Å². The molecular weight excluding hydrogens is 216 g/mol. The Hall–Kier alpha value is -1.82. The number of furan rings is 1. The normalized spacial score (nSPS) is 12.3. The fraction of sp³-hybridized carbons (Fsp3) is 0.400. The van der Waals surface area contributed by atoms with E-state index in [1.807, 2.05) is 0 Å². The van der Waals surface area contributed by atoms with Gasteiger partial charge in [0.2, 0.25) is 0 Å². The number of rotatable bonds is 6. The van der Waals surface area contributed by atoms with Crippen LogP contribution in [0, 0.1) is 0 Å². The summed E-state index contributed by atoms with van der Waals surface area (Å²) in [5.74, 6) is -2.97. The van der Waals surface area contributed by atoms with Crippen LogP contribution in [-0.4, -0.2) is 29.3 Å². The molecule has 6 heteroatoms. The molecule has 0 radical (unpaired) electrons. The molecule has 1 unspecified atom stereocenters. The van der Waals surface area contributed by atoms with E-state index in [-0.39, 0.29) is 12.4 Å². The van der Waals surface area contributed by atoms with Gasteiger partial charge in [-0.05, 0) is 12.1 Å². The van der Waals surface area contributed by atoms with E-state index in [2.05, 4.69) is 0 Å². The summed E-state index contributed by atoms with van der Waals surface area (Å²) in [6.45, 7) is 0.222. The van der Waals surface area contributed by atoms with E-state index in [9.17, 15) is 9.59 Å². The zero-order valence-corrected chi connectivity index (χ0v) is 8.67. The van der Waals surface area contributed by atoms with Gasteiger partial charge in [-0.3, -0.25) is 9.59 Å². The summed E-state index contributed by atoms with van der Waals surface area (Å²) in [4.78, 5) is 21.3. The molecule has 16 heavy (non-hydrogen) atoms. The molecule has 0 saturated carbocycles. The Balaban J connectivity index is 2.84. The second-order valence-corrected chi connectivity index (χ2v) is 3.23. The van der Waals surface area contributed by atoms with Crippen molar-refractivity contribution in [2.24, 2.45) is 0 Å². The van der Waals surface area contributed by atoms with E-state index >= 15 is 0 Å². The van der Waals surface area contributed by atoms with E-state index in [1.165, 1.54) is 13.2 Å². The standard InChI is InChI=1S/C10H12O6/c1-15-5-6-2-3-8(16-6)7(10(13)14)4-9(11)12/h2-3,7H,4-5H2,1H3,(H,11,12)(H,13,14). The van der Waals surface area contributed by atoms with Crippen LogP contribution < -0.4 is 0 Å². The fourth-order valence-electron chi connectivity index (χ4n) is 1.29. The van der Waals surface area contributed by atoms with Crippen molar-refractivity contribution in [1.82, 2.24) is 0 Å². The molecular formula is C10H12O6. The smallest absolute Gasteiger partial charge is 0.314 e. The van der Waals surface area contributed by atoms with Crippen LogP contribution in [0.15, 0.2) is 16.5 Å². The zero-order valence-electron chi connectivity index (χ0n) is 8.67. The van der Waals surface area contributed by atoms with Crippen molar-refractivity contribution in [3.05, 3.63) is 23.7 Å². The van der Waals surface area contributed by atoms with Crippen LogP contribution in [0.5, 0.6) is 0 Å². The van der Waals surface area contributed by atoms with Gasteiger partial charge in [0.05, 0.1) is 6.42 Å². The summed E-state index contributed by atoms with van der Waals surface area (Å²) in [6.07, 6.45) is -0.505. The van der Waals surface area contributed by atoms with Gasteiger partial charge >= 0.3 is 11.9 Å². The van der Waals surface area contributed by atoms with Gasteiger partial charge in [-0.1, -0.05) is 0 Å². The van der Waals surface area contributed by atoms with E-state index in [0.717, 1.165) is 0 Å². The molecule has 1 atom stereocenters. The van der Waals surface area contributed by atoms with E-state index in [0.29, 0.717) is 5.76 Å². The van der Waals surface area contributed by atoms with Gasteiger partial charge in [-0.2, -0.15) is 0 Å². The van der Waals surface area contributed by atoms with Crippen molar-refractivity contribution in [1.29, 1.82) is 0 Å². The zero-order chi connectivity index (χ0) is 12.1. The van der Waals surface area contributed by atoms with Crippen molar-refractivity contribution in [3.63, 3.8) is 0 Å². The van der Waals surface area contributed by atoms with Crippen molar-refractivity contribution in [2.75, 3.05) is 7.11 Å². The Morgan fingerprint density at radius 1 is 1.44 bits per heavy atom. The number of methoxy groups -OCH3 is 1. The molecule has 0 fully saturated rings. The topological polar surface area (TPSA) is 97.0 Å². The first-order valence-corrected chi connectivity index (χ1v) is 4.56. The molecule has 0 bridgehead atoms. The third-order valence-corrected chi connectivity index (χ3v) is 1.99. The summed E-state index contributed by atoms with van der Waals surface area (Å²) < 4.78 is 9.98. The van der Waals surface area contributed by atoms with Gasteiger partial charge in [0.1, 0.15) is 24.0 Å². The second kappa shape index (κ2) is 5.32. The monoisotopic (exact) mass is 228 g/mol. The molecule has 0 aliphatic rings. The highest BCUT2D eigenvalue weighted by Gasteiger charge is 2.26. The van der Waals surface area contributed by atoms with Crippen LogP contribution in [0.25, 0.3) is 0 Å². The Bertz CT molecular complexity index is 380. The minimum atomic E-state index is -1.22. The predicted octanol–water partition coefficient (Wildman–Crippen LogP) is 1.07. The number of aliphatic carboxylic acids is 2. The molecule has 6 nitrogen and oxygen atoms in total. The molecule has 2 N–H and O–H groups in total. The lowest BCUT2D eigenvalue weighted by molar-refractivity contribution is -0.145. The van der Waals surface area contributed by atoms with Crippen LogP contribution in [0.3, 0.4) is 0 Å². The number of carbonyl (C=O) groups is 2. The fourth-order valence-corrected chi connectivity index (χ4v) is 1.29. The first-order valence-electron chi connectivity index (χ1n) is 4.56. The lowest BCUT2D eigenvalue weighted by Crippen LogP contribution is -2.15. The first kappa shape index (κ1) is 12.3. The van der Waals surface area contributed by atoms with Crippen molar-refractivity contribution < 1.29 is 29.0 Å². The molecule has 1 rings (SSSR count). The molecule has 1 heterocycles. The van der Waals surface area contributed by atoms with Crippen molar-refractivity contribution >= 4 is 11.9 Å². The first-order chi connectivity index (χ1) is 7.54. The summed E-state index contributed by atoms with van der Waals surface area (Å²) >= 11 is 0. The largest absolute Gasteiger partial charge is 0.481 e. The minimum absolute atomic E-state index is 0.127. The Labute approximate surface area is 91.4 Å². The molecule has 0 aliphatic heterocycles. The maximum absolute atomic E-state index is 10.8. The van der Waals surface area contributed by atoms with E-state index < -0.39 is 24.3 Å². The van der Waals surface area contributed by atoms with Gasteiger partial charge in [0.15, 0.2) is 0 Å². The minimum Gasteiger partial charge on any atom is -0.481 e. The Morgan fingerprint density at radius 2 is 2.12 bits per heavy atom. The molecule has 1 aromatic rings. The van der Waals surface area contributed by atoms with Crippen molar-refractivity contribution in [2.45, 2.75) is 18.9 Å². The van der Waals surface area contributed by atoms with E-state index in [4.69, 9.17) is 19.4 Å². The predicted molar refractivity (Wildman–Crippen MR) is 52.1 cm³/mol. The number of carboxylic acids is 2. The summed E-state index contributed by atoms with van der Waals surface area (Å²) in [6, 6.07) is 3.02. The molecule has 0 aromatic carbocycles. The highest BCUT2D eigenvalue weighted by atomic mass is 16.5. The molecule has 0 saturated heterocycles. The van der Waals surface area contributed by atoms with Gasteiger partial charge in [-0.25, -0.2) is 0 Å². The quantitative estimate of drug-likeness (QED) is 0.755. The van der Waals surface area contributed by atoms with Crippen molar-refractivity contribution in [3.8, 4) is 0 Å². The average molecular weight is 228 g/mol.